The zero-order valence-electron chi connectivity index (χ0n) is 15.0. The number of methoxy groups -OCH3 is 1. The first-order chi connectivity index (χ1) is 13.3. The van der Waals surface area contributed by atoms with Gasteiger partial charge in [0.15, 0.2) is 0 Å². The van der Waals surface area contributed by atoms with Crippen molar-refractivity contribution in [2.75, 3.05) is 20.2 Å². The Labute approximate surface area is 165 Å². The second kappa shape index (κ2) is 8.25. The molecule has 0 N–H and O–H groups in total. The molecule has 1 aromatic carbocycles. The Morgan fingerprint density at radius 2 is 1.93 bits per heavy atom. The molecule has 1 aromatic heterocycles. The molecule has 3 rings (SSSR count). The Kier molecular flexibility index (Phi) is 5.96. The van der Waals surface area contributed by atoms with Crippen molar-refractivity contribution < 1.29 is 27.6 Å². The van der Waals surface area contributed by atoms with Gasteiger partial charge in [-0.3, -0.25) is 10.1 Å². The molecule has 0 radical (unpaired) electrons. The SMILES string of the molecule is COc1ccc(OC(=O)c2sccc2S(=O)(=O)N2CCCCC2)c([N+](=O)[O-])c1. The lowest BCUT2D eigenvalue weighted by Gasteiger charge is -2.25. The van der Waals surface area contributed by atoms with Gasteiger partial charge in [-0.2, -0.15) is 4.31 Å². The normalized spacial score (nSPS) is 15.2. The molecular weight excluding hydrogens is 408 g/mol. The third-order valence-electron chi connectivity index (χ3n) is 4.31. The number of piperidine rings is 1. The van der Waals surface area contributed by atoms with Crippen molar-refractivity contribution in [1.82, 2.24) is 4.31 Å². The third kappa shape index (κ3) is 4.01. The van der Waals surface area contributed by atoms with Crippen molar-refractivity contribution in [2.45, 2.75) is 24.2 Å². The molecule has 0 atom stereocenters. The van der Waals surface area contributed by atoms with E-state index in [1.807, 2.05) is 0 Å². The smallest absolute Gasteiger partial charge is 0.355 e. The second-order valence-electron chi connectivity index (χ2n) is 6.06. The van der Waals surface area contributed by atoms with Gasteiger partial charge in [0.25, 0.3) is 0 Å². The average Bonchev–Trinajstić information content (AvgIpc) is 3.19. The molecule has 28 heavy (non-hydrogen) atoms. The Hall–Kier alpha value is -2.50. The quantitative estimate of drug-likeness (QED) is 0.302. The van der Waals surface area contributed by atoms with Crippen LogP contribution in [0.2, 0.25) is 0 Å². The van der Waals surface area contributed by atoms with E-state index in [4.69, 9.17) is 9.47 Å². The average molecular weight is 426 g/mol. The lowest BCUT2D eigenvalue weighted by Crippen LogP contribution is -2.36. The van der Waals surface area contributed by atoms with E-state index in [1.54, 1.807) is 0 Å². The number of hydrogen-bond acceptors (Lipinski definition) is 8. The van der Waals surface area contributed by atoms with Crippen molar-refractivity contribution >= 4 is 33.0 Å². The van der Waals surface area contributed by atoms with E-state index in [9.17, 15) is 23.3 Å². The molecular formula is C17H18N2O7S2. The molecule has 0 aliphatic carbocycles. The first-order valence-electron chi connectivity index (χ1n) is 8.47. The number of carbonyl (C=O) groups is 1. The molecule has 0 bridgehead atoms. The fraction of sp³-hybridized carbons (Fsp3) is 0.353. The van der Waals surface area contributed by atoms with Gasteiger partial charge in [-0.05, 0) is 36.4 Å². The molecule has 1 saturated heterocycles. The highest BCUT2D eigenvalue weighted by atomic mass is 32.2. The van der Waals surface area contributed by atoms with Gasteiger partial charge in [-0.25, -0.2) is 13.2 Å². The van der Waals surface area contributed by atoms with Crippen molar-refractivity contribution in [3.8, 4) is 11.5 Å². The van der Waals surface area contributed by atoms with Crippen molar-refractivity contribution in [1.29, 1.82) is 0 Å². The maximum atomic E-state index is 12.9. The molecule has 0 unspecified atom stereocenters. The molecule has 0 saturated carbocycles. The van der Waals surface area contributed by atoms with Gasteiger partial charge in [-0.15, -0.1) is 11.3 Å². The summed E-state index contributed by atoms with van der Waals surface area (Å²) in [5, 5.41) is 12.7. The lowest BCUT2D eigenvalue weighted by molar-refractivity contribution is -0.385. The maximum Gasteiger partial charge on any atom is 0.355 e. The number of thiophene rings is 1. The summed E-state index contributed by atoms with van der Waals surface area (Å²) in [6.07, 6.45) is 2.49. The summed E-state index contributed by atoms with van der Waals surface area (Å²) in [6, 6.07) is 5.13. The van der Waals surface area contributed by atoms with E-state index in [-0.39, 0.29) is 21.3 Å². The summed E-state index contributed by atoms with van der Waals surface area (Å²) in [4.78, 5) is 22.9. The summed E-state index contributed by atoms with van der Waals surface area (Å²) in [7, 11) is -2.48. The molecule has 11 heteroatoms. The zero-order valence-corrected chi connectivity index (χ0v) is 16.6. The maximum absolute atomic E-state index is 12.9. The molecule has 2 heterocycles. The molecule has 9 nitrogen and oxygen atoms in total. The van der Waals surface area contributed by atoms with Crippen molar-refractivity contribution in [3.63, 3.8) is 0 Å². The van der Waals surface area contributed by atoms with Gasteiger partial charge in [0.1, 0.15) is 15.5 Å². The second-order valence-corrected chi connectivity index (χ2v) is 8.88. The predicted octanol–water partition coefficient (Wildman–Crippen LogP) is 3.06. The summed E-state index contributed by atoms with van der Waals surface area (Å²) in [5.41, 5.74) is -0.454. The largest absolute Gasteiger partial charge is 0.496 e. The summed E-state index contributed by atoms with van der Waals surface area (Å²) >= 11 is 0.915. The molecule has 1 aliphatic heterocycles. The highest BCUT2D eigenvalue weighted by Gasteiger charge is 2.32. The van der Waals surface area contributed by atoms with Crippen LogP contribution in [0.4, 0.5) is 5.69 Å². The number of nitro benzene ring substituents is 1. The minimum absolute atomic E-state index is 0.115. The van der Waals surface area contributed by atoms with Gasteiger partial charge in [0.05, 0.1) is 18.1 Å². The molecule has 150 valence electrons. The summed E-state index contributed by atoms with van der Waals surface area (Å²) in [6.45, 7) is 0.799. The fourth-order valence-corrected chi connectivity index (χ4v) is 5.68. The first kappa shape index (κ1) is 20.2. The summed E-state index contributed by atoms with van der Waals surface area (Å²) < 4.78 is 37.2. The van der Waals surface area contributed by atoms with Gasteiger partial charge in [-0.1, -0.05) is 6.42 Å². The van der Waals surface area contributed by atoms with Crippen LogP contribution in [0, 0.1) is 10.1 Å². The fourth-order valence-electron chi connectivity index (χ4n) is 2.89. The predicted molar refractivity (Wildman–Crippen MR) is 102 cm³/mol. The molecule has 1 aliphatic rings. The highest BCUT2D eigenvalue weighted by molar-refractivity contribution is 7.89. The van der Waals surface area contributed by atoms with Gasteiger partial charge >= 0.3 is 11.7 Å². The number of ether oxygens (including phenoxy) is 2. The summed E-state index contributed by atoms with van der Waals surface area (Å²) in [5.74, 6) is -1.01. The van der Waals surface area contributed by atoms with Crippen LogP contribution in [0.5, 0.6) is 11.5 Å². The van der Waals surface area contributed by atoms with Gasteiger partial charge in [0, 0.05) is 13.1 Å². The minimum Gasteiger partial charge on any atom is -0.496 e. The molecule has 0 amide bonds. The first-order valence-corrected chi connectivity index (χ1v) is 10.8. The minimum atomic E-state index is -3.83. The van der Waals surface area contributed by atoms with Crippen molar-refractivity contribution in [3.05, 3.63) is 44.6 Å². The molecule has 0 spiro atoms. The standard InChI is InChI=1S/C17H18N2O7S2/c1-25-12-5-6-14(13(11-12)19(21)22)26-17(20)16-15(7-10-27-16)28(23,24)18-8-3-2-4-9-18/h5-7,10-11H,2-4,8-9H2,1H3. The van der Waals surface area contributed by atoms with Crippen LogP contribution in [0.15, 0.2) is 34.5 Å². The number of rotatable bonds is 6. The van der Waals surface area contributed by atoms with Crippen LogP contribution in [-0.4, -0.2) is 43.8 Å². The van der Waals surface area contributed by atoms with Gasteiger partial charge in [0.2, 0.25) is 15.8 Å². The highest BCUT2D eigenvalue weighted by Crippen LogP contribution is 2.33. The zero-order chi connectivity index (χ0) is 20.3. The number of sulfonamides is 1. The van der Waals surface area contributed by atoms with Crippen LogP contribution < -0.4 is 9.47 Å². The van der Waals surface area contributed by atoms with Crippen LogP contribution in [0.1, 0.15) is 28.9 Å². The van der Waals surface area contributed by atoms with E-state index in [0.717, 1.165) is 36.7 Å². The Bertz CT molecular complexity index is 995. The number of nitro groups is 1. The molecule has 2 aromatic rings. The van der Waals surface area contributed by atoms with E-state index in [1.165, 1.54) is 35.0 Å². The number of nitrogens with zero attached hydrogens (tertiary/aromatic N) is 2. The van der Waals surface area contributed by atoms with Crippen LogP contribution in [0.25, 0.3) is 0 Å². The van der Waals surface area contributed by atoms with E-state index in [2.05, 4.69) is 0 Å². The number of carbonyl (C=O) groups excluding carboxylic acids is 1. The van der Waals surface area contributed by atoms with Gasteiger partial charge < -0.3 is 9.47 Å². The van der Waals surface area contributed by atoms with E-state index >= 15 is 0 Å². The number of hydrogen-bond donors (Lipinski definition) is 0. The Morgan fingerprint density at radius 1 is 1.21 bits per heavy atom. The monoisotopic (exact) mass is 426 g/mol. The Morgan fingerprint density at radius 3 is 2.57 bits per heavy atom. The van der Waals surface area contributed by atoms with Crippen LogP contribution >= 0.6 is 11.3 Å². The number of esters is 1. The molecule has 1 fully saturated rings. The third-order valence-corrected chi connectivity index (χ3v) is 7.28. The topological polar surface area (TPSA) is 116 Å². The van der Waals surface area contributed by atoms with Crippen LogP contribution in [0.3, 0.4) is 0 Å². The lowest BCUT2D eigenvalue weighted by atomic mass is 10.2. The van der Waals surface area contributed by atoms with E-state index in [0.29, 0.717) is 13.1 Å². The van der Waals surface area contributed by atoms with Crippen LogP contribution in [-0.2, 0) is 10.0 Å². The Balaban J connectivity index is 1.89. The van der Waals surface area contributed by atoms with E-state index < -0.39 is 26.6 Å². The number of benzene rings is 1. The van der Waals surface area contributed by atoms with Crippen molar-refractivity contribution in [2.24, 2.45) is 0 Å².